The largest absolute Gasteiger partial charge is 0.331 e. The van der Waals surface area contributed by atoms with Crippen LogP contribution in [-0.2, 0) is 17.3 Å². The van der Waals surface area contributed by atoms with Crippen molar-refractivity contribution in [1.82, 2.24) is 0 Å². The monoisotopic (exact) mass is 1060 g/mol. The standard InChI is InChI=1S/C75H68N2S2/c1-47-34-36-50(37-35-47)75(6)44-20-30-60-59-29-18-32-65(70(59)79-72(60)75)76(51-23-12-8-13-24-51)52-38-41-61-64(46-52)73(3,4)63-31-17-26-56-62-45-53(39-40-54(62)48(2)67(61)68(56)63)77(74(5)42-14-9-15-43-74)66-33-19-28-58-57-27-16-25-55(69(57)78-71(58)66)49-21-10-7-11-22-49/h7-16,19-21,23-28,30,32-34,36-42,45-47,49H,17-18,22,29,31,35,43-44H2,1-6H3. The normalized spacial score (nSPS) is 23.0. The van der Waals surface area contributed by atoms with E-state index in [0.717, 1.165) is 51.4 Å². The molecule has 2 nitrogen and oxygen atoms in total. The minimum Gasteiger partial charge on any atom is -0.331 e. The molecule has 4 unspecified atom stereocenters. The van der Waals surface area contributed by atoms with Crippen molar-refractivity contribution in [3.05, 3.63) is 236 Å². The van der Waals surface area contributed by atoms with E-state index in [1.807, 2.05) is 11.3 Å². The summed E-state index contributed by atoms with van der Waals surface area (Å²) in [5.74, 6) is 0.985. The van der Waals surface area contributed by atoms with Gasteiger partial charge in [0.2, 0.25) is 0 Å². The van der Waals surface area contributed by atoms with E-state index in [1.54, 1.807) is 5.57 Å². The van der Waals surface area contributed by atoms with E-state index >= 15 is 0 Å². The van der Waals surface area contributed by atoms with Gasteiger partial charge in [0.15, 0.2) is 0 Å². The van der Waals surface area contributed by atoms with Gasteiger partial charge in [-0.05, 0) is 179 Å². The molecule has 6 aromatic carbocycles. The number of thiophene rings is 2. The summed E-state index contributed by atoms with van der Waals surface area (Å²) < 4.78 is 2.76. The number of hydrogen-bond donors (Lipinski definition) is 0. The molecule has 4 atom stereocenters. The van der Waals surface area contributed by atoms with Crippen molar-refractivity contribution < 1.29 is 0 Å². The SMILES string of the molecule is Cc1c2c3c(c4cc(N(c5cccc6c5sc5c(C7C=CC=CC7)cccc56)C5(C)C=CC=CC5)ccc14)=CCCC=3C(C)(C)c1cc(N(C3=CCCc4c3sc3c4C=CCC3(C)C3=CCC(C)C=C3)c3ccccc3)ccc1-2. The number of nitrogens with zero attached hydrogens (tertiary/aromatic N) is 2. The van der Waals surface area contributed by atoms with Crippen LogP contribution >= 0.6 is 22.7 Å². The van der Waals surface area contributed by atoms with Crippen LogP contribution < -0.4 is 20.2 Å². The fraction of sp³-hybridized carbons (Fsp3) is 0.253. The van der Waals surface area contributed by atoms with E-state index in [2.05, 4.69) is 257 Å². The van der Waals surface area contributed by atoms with Gasteiger partial charge in [-0.15, -0.1) is 22.7 Å². The number of benzene rings is 6. The van der Waals surface area contributed by atoms with Gasteiger partial charge < -0.3 is 9.80 Å². The number of aryl methyl sites for hydroxylation is 1. The molecule has 2 aromatic heterocycles. The lowest BCUT2D eigenvalue weighted by molar-refractivity contribution is 0.571. The van der Waals surface area contributed by atoms with Gasteiger partial charge in [-0.3, -0.25) is 0 Å². The minimum atomic E-state index is -0.278. The first-order chi connectivity index (χ1) is 38.5. The molecule has 79 heavy (non-hydrogen) atoms. The fourth-order valence-electron chi connectivity index (χ4n) is 15.1. The van der Waals surface area contributed by atoms with E-state index in [9.17, 15) is 0 Å². The molecule has 0 amide bonds. The summed E-state index contributed by atoms with van der Waals surface area (Å²) in [4.78, 5) is 8.24. The second kappa shape index (κ2) is 18.4. The Morgan fingerprint density at radius 1 is 0.633 bits per heavy atom. The molecule has 4 heteroatoms. The Morgan fingerprint density at radius 2 is 1.46 bits per heavy atom. The molecule has 7 aliphatic rings. The maximum atomic E-state index is 2.68. The molecule has 7 aliphatic carbocycles. The van der Waals surface area contributed by atoms with Crippen molar-refractivity contribution in [2.75, 3.05) is 9.80 Å². The Hall–Kier alpha value is -7.24. The van der Waals surface area contributed by atoms with Crippen LogP contribution in [0.3, 0.4) is 0 Å². The van der Waals surface area contributed by atoms with Crippen LogP contribution in [0.25, 0.3) is 65.5 Å². The molecule has 0 spiro atoms. The van der Waals surface area contributed by atoms with E-state index < -0.39 is 0 Å². The molecule has 0 radical (unpaired) electrons. The zero-order chi connectivity index (χ0) is 53.4. The topological polar surface area (TPSA) is 6.48 Å². The van der Waals surface area contributed by atoms with Crippen LogP contribution in [0.1, 0.15) is 123 Å². The zero-order valence-corrected chi connectivity index (χ0v) is 48.1. The zero-order valence-electron chi connectivity index (χ0n) is 46.5. The Bertz CT molecular complexity index is 4310. The highest BCUT2D eigenvalue weighted by molar-refractivity contribution is 7.26. The first kappa shape index (κ1) is 48.9. The van der Waals surface area contributed by atoms with Crippen molar-refractivity contribution in [2.24, 2.45) is 5.92 Å². The fourth-order valence-corrected chi connectivity index (χ4v) is 18.0. The molecule has 8 aromatic rings. The van der Waals surface area contributed by atoms with Crippen LogP contribution in [0.15, 0.2) is 188 Å². The number of para-hydroxylation sites is 1. The van der Waals surface area contributed by atoms with Gasteiger partial charge in [0.05, 0.1) is 26.5 Å². The average Bonchev–Trinajstić information content (AvgIpc) is 4.10. The van der Waals surface area contributed by atoms with Gasteiger partial charge >= 0.3 is 0 Å². The summed E-state index contributed by atoms with van der Waals surface area (Å²) in [6.07, 6.45) is 44.1. The van der Waals surface area contributed by atoms with Gasteiger partial charge in [-0.25, -0.2) is 0 Å². The van der Waals surface area contributed by atoms with Crippen molar-refractivity contribution in [3.63, 3.8) is 0 Å². The summed E-state index contributed by atoms with van der Waals surface area (Å²) in [5.41, 5.74) is 18.8. The lowest BCUT2D eigenvalue weighted by Crippen LogP contribution is -2.43. The second-order valence-electron chi connectivity index (χ2n) is 24.5. The molecule has 0 aliphatic heterocycles. The van der Waals surface area contributed by atoms with Gasteiger partial charge in [-0.1, -0.05) is 185 Å². The quantitative estimate of drug-likeness (QED) is 0.150. The lowest BCUT2D eigenvalue weighted by atomic mass is 9.66. The third kappa shape index (κ3) is 7.46. The summed E-state index contributed by atoms with van der Waals surface area (Å²) >= 11 is 4.04. The molecule has 0 saturated carbocycles. The third-order valence-corrected chi connectivity index (χ3v) is 22.1. The molecular formula is C75H68N2S2. The van der Waals surface area contributed by atoms with Crippen LogP contribution in [0.2, 0.25) is 0 Å². The summed E-state index contributed by atoms with van der Waals surface area (Å²) in [5, 5.41) is 8.29. The van der Waals surface area contributed by atoms with Crippen LogP contribution in [0.5, 0.6) is 0 Å². The van der Waals surface area contributed by atoms with Crippen LogP contribution in [0.4, 0.5) is 22.7 Å². The van der Waals surface area contributed by atoms with Crippen molar-refractivity contribution in [1.29, 1.82) is 0 Å². The highest BCUT2D eigenvalue weighted by Crippen LogP contribution is 2.55. The predicted molar refractivity (Wildman–Crippen MR) is 343 cm³/mol. The van der Waals surface area contributed by atoms with E-state index in [0.29, 0.717) is 11.8 Å². The smallest absolute Gasteiger partial charge is 0.0643 e. The maximum absolute atomic E-state index is 2.68. The van der Waals surface area contributed by atoms with Gasteiger partial charge in [-0.2, -0.15) is 0 Å². The van der Waals surface area contributed by atoms with Crippen LogP contribution in [0, 0.1) is 12.8 Å². The Kier molecular flexibility index (Phi) is 11.4. The number of hydrogen-bond acceptors (Lipinski definition) is 4. The van der Waals surface area contributed by atoms with Crippen molar-refractivity contribution >= 4 is 99.8 Å². The molecule has 0 N–H and O–H groups in total. The van der Waals surface area contributed by atoms with Crippen molar-refractivity contribution in [2.45, 2.75) is 115 Å². The molecule has 0 saturated heterocycles. The molecule has 0 fully saturated rings. The molecule has 0 bridgehead atoms. The predicted octanol–water partition coefficient (Wildman–Crippen LogP) is 19.6. The Labute approximate surface area is 474 Å². The Morgan fingerprint density at radius 3 is 2.27 bits per heavy atom. The average molecular weight is 1060 g/mol. The first-order valence-electron chi connectivity index (χ1n) is 29.1. The molecule has 2 heterocycles. The number of rotatable bonds is 8. The molecule has 390 valence electrons. The Balaban J connectivity index is 0.874. The van der Waals surface area contributed by atoms with E-state index in [-0.39, 0.29) is 16.4 Å². The molecule has 15 rings (SSSR count). The lowest BCUT2D eigenvalue weighted by Gasteiger charge is -2.42. The van der Waals surface area contributed by atoms with Gasteiger partial charge in [0.25, 0.3) is 0 Å². The summed E-state index contributed by atoms with van der Waals surface area (Å²) in [6.45, 7) is 14.7. The number of anilines is 4. The number of fused-ring (bicyclic) bond motifs is 10. The van der Waals surface area contributed by atoms with Crippen molar-refractivity contribution in [3.8, 4) is 11.1 Å². The third-order valence-electron chi connectivity index (χ3n) is 19.3. The van der Waals surface area contributed by atoms with E-state index in [1.165, 1.54) is 124 Å². The van der Waals surface area contributed by atoms with Gasteiger partial charge in [0, 0.05) is 54.2 Å². The summed E-state index contributed by atoms with van der Waals surface area (Å²) in [6, 6.07) is 40.2. The maximum Gasteiger partial charge on any atom is 0.0643 e. The second-order valence-corrected chi connectivity index (χ2v) is 26.6. The van der Waals surface area contributed by atoms with E-state index in [4.69, 9.17) is 0 Å². The highest BCUT2D eigenvalue weighted by Gasteiger charge is 2.41. The summed E-state index contributed by atoms with van der Waals surface area (Å²) in [7, 11) is 0. The number of allylic oxidation sites excluding steroid dienone is 12. The van der Waals surface area contributed by atoms with Gasteiger partial charge in [0.1, 0.15) is 0 Å². The first-order valence-corrected chi connectivity index (χ1v) is 30.8. The minimum absolute atomic E-state index is 0.0306. The molecular weight excluding hydrogens is 993 g/mol. The highest BCUT2D eigenvalue weighted by atomic mass is 32.1. The van der Waals surface area contributed by atoms with Crippen LogP contribution in [-0.4, -0.2) is 5.54 Å².